The van der Waals surface area contributed by atoms with Gasteiger partial charge in [0.25, 0.3) is 5.78 Å². The van der Waals surface area contributed by atoms with Crippen LogP contribution in [0.15, 0.2) is 18.5 Å². The molecule has 2 heterocycles. The van der Waals surface area contributed by atoms with E-state index in [9.17, 15) is 13.2 Å². The van der Waals surface area contributed by atoms with E-state index in [1.165, 1.54) is 10.8 Å². The number of rotatable bonds is 4. The van der Waals surface area contributed by atoms with Gasteiger partial charge in [-0.3, -0.25) is 0 Å². The molecule has 132 valence electrons. The summed E-state index contributed by atoms with van der Waals surface area (Å²) in [6, 6.07) is 1.29. The van der Waals surface area contributed by atoms with Gasteiger partial charge < -0.3 is 5.32 Å². The highest BCUT2D eigenvalue weighted by Crippen LogP contribution is 2.35. The Kier molecular flexibility index (Phi) is 4.36. The average Bonchev–Trinajstić information content (AvgIpc) is 2.96. The van der Waals surface area contributed by atoms with Crippen LogP contribution in [0.2, 0.25) is 0 Å². The van der Waals surface area contributed by atoms with Crippen molar-refractivity contribution in [1.29, 1.82) is 0 Å². The first-order chi connectivity index (χ1) is 11.8. The zero-order valence-corrected chi connectivity index (χ0v) is 14.3. The van der Waals surface area contributed by atoms with Crippen LogP contribution in [0.5, 0.6) is 0 Å². The number of hydrogen-bond acceptors (Lipinski definition) is 4. The number of fused-ring (bicyclic) bond motifs is 1. The zero-order chi connectivity index (χ0) is 18.3. The molecule has 2 aromatic heterocycles. The molecule has 1 atom stereocenters. The third kappa shape index (κ3) is 3.04. The number of hydrogen-bond donors (Lipinski definition) is 1. The van der Waals surface area contributed by atoms with Gasteiger partial charge in [-0.2, -0.15) is 14.6 Å². The van der Waals surface area contributed by atoms with Gasteiger partial charge in [0.1, 0.15) is 29.6 Å². The quantitative estimate of drug-likeness (QED) is 0.774. The maximum absolute atomic E-state index is 14.4. The standard InChI is InChI=1S/C17H18F3N5/c1-8(2)9(3)23-16-14(10(4)24-17-21-7-22-25(16)17)15-12(19)5-11(18)6-13(15)20/h5-9,23H,1-4H3/t9-/m1/s1. The number of aromatic nitrogens is 4. The topological polar surface area (TPSA) is 55.1 Å². The summed E-state index contributed by atoms with van der Waals surface area (Å²) in [5, 5.41) is 7.34. The molecule has 0 bridgehead atoms. The second kappa shape index (κ2) is 6.34. The predicted octanol–water partition coefficient (Wildman–Crippen LogP) is 3.97. The van der Waals surface area contributed by atoms with Crippen molar-refractivity contribution in [3.63, 3.8) is 0 Å². The summed E-state index contributed by atoms with van der Waals surface area (Å²) in [7, 11) is 0. The Morgan fingerprint density at radius 2 is 1.68 bits per heavy atom. The summed E-state index contributed by atoms with van der Waals surface area (Å²) in [5.74, 6) is -2.04. The van der Waals surface area contributed by atoms with E-state index in [0.717, 1.165) is 0 Å². The molecule has 0 saturated heterocycles. The third-order valence-electron chi connectivity index (χ3n) is 4.23. The summed E-state index contributed by atoms with van der Waals surface area (Å²) >= 11 is 0. The fourth-order valence-electron chi connectivity index (χ4n) is 2.55. The minimum atomic E-state index is -0.998. The molecule has 5 nitrogen and oxygen atoms in total. The molecule has 1 N–H and O–H groups in total. The fourth-order valence-corrected chi connectivity index (χ4v) is 2.55. The molecule has 0 spiro atoms. The summed E-state index contributed by atoms with van der Waals surface area (Å²) in [4.78, 5) is 8.29. The average molecular weight is 349 g/mol. The number of nitrogens with one attached hydrogen (secondary N) is 1. The van der Waals surface area contributed by atoms with Crippen LogP contribution < -0.4 is 5.32 Å². The van der Waals surface area contributed by atoms with Crippen LogP contribution >= 0.6 is 0 Å². The van der Waals surface area contributed by atoms with E-state index in [1.54, 1.807) is 6.92 Å². The van der Waals surface area contributed by atoms with Crippen molar-refractivity contribution in [2.75, 3.05) is 5.32 Å². The first-order valence-corrected chi connectivity index (χ1v) is 7.91. The van der Waals surface area contributed by atoms with Gasteiger partial charge in [0.15, 0.2) is 0 Å². The van der Waals surface area contributed by atoms with Crippen LogP contribution in [-0.2, 0) is 0 Å². The molecule has 3 aromatic rings. The van der Waals surface area contributed by atoms with Crippen molar-refractivity contribution in [2.24, 2.45) is 5.92 Å². The van der Waals surface area contributed by atoms with Crippen LogP contribution in [0, 0.1) is 30.3 Å². The maximum atomic E-state index is 14.4. The Balaban J connectivity index is 2.32. The molecule has 0 saturated carbocycles. The van der Waals surface area contributed by atoms with Gasteiger partial charge in [-0.25, -0.2) is 18.2 Å². The molecule has 25 heavy (non-hydrogen) atoms. The van der Waals surface area contributed by atoms with E-state index in [-0.39, 0.29) is 23.1 Å². The van der Waals surface area contributed by atoms with Crippen LogP contribution in [0.3, 0.4) is 0 Å². The van der Waals surface area contributed by atoms with Gasteiger partial charge in [-0.05, 0) is 19.8 Å². The van der Waals surface area contributed by atoms with E-state index in [4.69, 9.17) is 0 Å². The predicted molar refractivity (Wildman–Crippen MR) is 88.8 cm³/mol. The second-order valence-corrected chi connectivity index (χ2v) is 6.31. The van der Waals surface area contributed by atoms with Gasteiger partial charge >= 0.3 is 0 Å². The van der Waals surface area contributed by atoms with Crippen LogP contribution in [-0.4, -0.2) is 25.6 Å². The lowest BCUT2D eigenvalue weighted by Crippen LogP contribution is -2.24. The molecule has 0 aliphatic heterocycles. The molecule has 1 aromatic carbocycles. The number of anilines is 1. The van der Waals surface area contributed by atoms with Crippen molar-refractivity contribution < 1.29 is 13.2 Å². The van der Waals surface area contributed by atoms with Gasteiger partial charge in [-0.1, -0.05) is 13.8 Å². The lowest BCUT2D eigenvalue weighted by atomic mass is 10.0. The highest BCUT2D eigenvalue weighted by Gasteiger charge is 2.24. The van der Waals surface area contributed by atoms with Crippen molar-refractivity contribution in [2.45, 2.75) is 33.7 Å². The number of benzene rings is 1. The maximum Gasteiger partial charge on any atom is 0.254 e. The Morgan fingerprint density at radius 3 is 2.28 bits per heavy atom. The van der Waals surface area contributed by atoms with Gasteiger partial charge in [0, 0.05) is 18.2 Å². The fraction of sp³-hybridized carbons (Fsp3) is 0.353. The first-order valence-electron chi connectivity index (χ1n) is 7.91. The van der Waals surface area contributed by atoms with Gasteiger partial charge in [0.2, 0.25) is 0 Å². The lowest BCUT2D eigenvalue weighted by Gasteiger charge is -2.22. The molecule has 0 fully saturated rings. The number of halogens is 3. The molecule has 0 unspecified atom stereocenters. The Labute approximate surface area is 142 Å². The smallest absolute Gasteiger partial charge is 0.254 e. The number of nitrogens with zero attached hydrogens (tertiary/aromatic N) is 4. The molecule has 0 amide bonds. The molecular formula is C17H18F3N5. The van der Waals surface area contributed by atoms with Crippen molar-refractivity contribution in [3.8, 4) is 11.1 Å². The summed E-state index contributed by atoms with van der Waals surface area (Å²) in [6.07, 6.45) is 1.31. The van der Waals surface area contributed by atoms with Gasteiger partial charge in [-0.15, -0.1) is 0 Å². The minimum Gasteiger partial charge on any atom is -0.367 e. The molecule has 8 heteroatoms. The molecule has 3 rings (SSSR count). The highest BCUT2D eigenvalue weighted by atomic mass is 19.1. The van der Waals surface area contributed by atoms with Crippen molar-refractivity contribution >= 4 is 11.6 Å². The lowest BCUT2D eigenvalue weighted by molar-refractivity contribution is 0.546. The monoisotopic (exact) mass is 349 g/mol. The van der Waals surface area contributed by atoms with E-state index >= 15 is 0 Å². The highest BCUT2D eigenvalue weighted by molar-refractivity contribution is 5.79. The van der Waals surface area contributed by atoms with Crippen LogP contribution in [0.4, 0.5) is 19.0 Å². The largest absolute Gasteiger partial charge is 0.367 e. The molecule has 0 radical (unpaired) electrons. The Bertz CT molecular complexity index is 912. The summed E-state index contributed by atoms with van der Waals surface area (Å²) < 4.78 is 43.5. The van der Waals surface area contributed by atoms with Crippen LogP contribution in [0.1, 0.15) is 26.5 Å². The third-order valence-corrected chi connectivity index (χ3v) is 4.23. The van der Waals surface area contributed by atoms with E-state index in [0.29, 0.717) is 29.4 Å². The SMILES string of the molecule is Cc1nc2ncnn2c(N[C@H](C)C(C)C)c1-c1c(F)cc(F)cc1F. The van der Waals surface area contributed by atoms with E-state index in [1.807, 2.05) is 20.8 Å². The zero-order valence-electron chi connectivity index (χ0n) is 14.3. The van der Waals surface area contributed by atoms with Gasteiger partial charge in [0.05, 0.1) is 16.8 Å². The van der Waals surface area contributed by atoms with E-state index < -0.39 is 17.5 Å². The summed E-state index contributed by atoms with van der Waals surface area (Å²) in [6.45, 7) is 7.60. The minimum absolute atomic E-state index is 0.0143. The first kappa shape index (κ1) is 17.2. The molecular weight excluding hydrogens is 331 g/mol. The van der Waals surface area contributed by atoms with Crippen molar-refractivity contribution in [3.05, 3.63) is 41.6 Å². The number of aryl methyl sites for hydroxylation is 1. The van der Waals surface area contributed by atoms with Crippen LogP contribution in [0.25, 0.3) is 16.9 Å². The molecule has 0 aliphatic carbocycles. The van der Waals surface area contributed by atoms with E-state index in [2.05, 4.69) is 20.4 Å². The molecule has 0 aliphatic rings. The Morgan fingerprint density at radius 1 is 1.04 bits per heavy atom. The second-order valence-electron chi connectivity index (χ2n) is 6.31. The normalized spacial score (nSPS) is 12.8. The Hall–Kier alpha value is -2.64. The van der Waals surface area contributed by atoms with Crippen molar-refractivity contribution in [1.82, 2.24) is 19.6 Å². The summed E-state index contributed by atoms with van der Waals surface area (Å²) in [5.41, 5.74) is 0.214.